The highest BCUT2D eigenvalue weighted by molar-refractivity contribution is 6.05. The number of fused-ring (bicyclic) bond motifs is 2. The largest absolute Gasteiger partial charge is 0.335 e. The van der Waals surface area contributed by atoms with E-state index in [1.165, 1.54) is 0 Å². The summed E-state index contributed by atoms with van der Waals surface area (Å²) in [5, 5.41) is 8.47. The molecule has 0 saturated heterocycles. The molecule has 6 heteroatoms. The molecule has 0 atom stereocenters. The summed E-state index contributed by atoms with van der Waals surface area (Å²) in [6.07, 6.45) is 3.48. The predicted octanol–water partition coefficient (Wildman–Crippen LogP) is 4.66. The van der Waals surface area contributed by atoms with Crippen LogP contribution in [0.3, 0.4) is 0 Å². The Morgan fingerprint density at radius 2 is 1.72 bits per heavy atom. The predicted molar refractivity (Wildman–Crippen MR) is 113 cm³/mol. The fraction of sp³-hybridized carbons (Fsp3) is 0.130. The number of pyridine rings is 1. The Kier molecular flexibility index (Phi) is 3.81. The Hall–Kier alpha value is -3.80. The van der Waals surface area contributed by atoms with Crippen LogP contribution in [0.4, 0.5) is 0 Å². The molecular weight excluding hydrogens is 362 g/mol. The summed E-state index contributed by atoms with van der Waals surface area (Å²) >= 11 is 0. The molecule has 0 saturated carbocycles. The molecule has 5 aromatic rings. The quantitative estimate of drug-likeness (QED) is 0.443. The van der Waals surface area contributed by atoms with Crippen molar-refractivity contribution in [3.05, 3.63) is 78.4 Å². The number of aromatic amines is 2. The minimum absolute atomic E-state index is 0.0453. The number of hydrogen-bond donors (Lipinski definition) is 2. The Morgan fingerprint density at radius 3 is 2.48 bits per heavy atom. The molecule has 29 heavy (non-hydrogen) atoms. The average molecular weight is 381 g/mol. The lowest BCUT2D eigenvalue weighted by Gasteiger charge is -2.22. The van der Waals surface area contributed by atoms with E-state index in [0.717, 1.165) is 38.8 Å². The van der Waals surface area contributed by atoms with Crippen LogP contribution in [-0.2, 0) is 5.41 Å². The third-order valence-corrected chi connectivity index (χ3v) is 5.40. The van der Waals surface area contributed by atoms with Crippen LogP contribution in [0.1, 0.15) is 30.0 Å². The molecule has 0 aliphatic heterocycles. The number of imidazole rings is 1. The summed E-state index contributed by atoms with van der Waals surface area (Å²) in [4.78, 5) is 25.1. The van der Waals surface area contributed by atoms with Crippen molar-refractivity contribution in [3.63, 3.8) is 0 Å². The first-order valence-electron chi connectivity index (χ1n) is 9.42. The van der Waals surface area contributed by atoms with E-state index in [0.29, 0.717) is 5.82 Å². The van der Waals surface area contributed by atoms with Gasteiger partial charge in [-0.05, 0) is 43.7 Å². The van der Waals surface area contributed by atoms with Gasteiger partial charge in [-0.3, -0.25) is 14.9 Å². The van der Waals surface area contributed by atoms with E-state index in [9.17, 15) is 4.79 Å². The lowest BCUT2D eigenvalue weighted by Crippen LogP contribution is -2.29. The zero-order chi connectivity index (χ0) is 20.0. The van der Waals surface area contributed by atoms with Crippen LogP contribution in [0.5, 0.6) is 0 Å². The number of nitrogens with zero attached hydrogens (tertiary/aromatic N) is 3. The van der Waals surface area contributed by atoms with Gasteiger partial charge in [0.15, 0.2) is 5.82 Å². The third-order valence-electron chi connectivity index (χ3n) is 5.40. The van der Waals surface area contributed by atoms with Gasteiger partial charge in [-0.15, -0.1) is 0 Å². The zero-order valence-electron chi connectivity index (χ0n) is 16.1. The molecule has 0 spiro atoms. The number of hydrogen-bond acceptors (Lipinski definition) is 4. The first kappa shape index (κ1) is 17.3. The summed E-state index contributed by atoms with van der Waals surface area (Å²) in [7, 11) is 0. The van der Waals surface area contributed by atoms with Crippen LogP contribution in [0, 0.1) is 0 Å². The number of benzene rings is 2. The van der Waals surface area contributed by atoms with Crippen LogP contribution in [0.25, 0.3) is 33.2 Å². The standard InChI is InChI=1S/C23H19N5O/c1-23(2,15-6-4-3-5-7-15)21(29)22-25-18-12-16-17(13-19(18)26-22)27-28-20(16)14-8-10-24-11-9-14/h3-13H,1-2H3,(H,25,26)(H,27,28). The molecule has 0 unspecified atom stereocenters. The van der Waals surface area contributed by atoms with Crippen LogP contribution < -0.4 is 0 Å². The molecule has 0 amide bonds. The van der Waals surface area contributed by atoms with Crippen molar-refractivity contribution < 1.29 is 4.79 Å². The highest BCUT2D eigenvalue weighted by Crippen LogP contribution is 2.31. The second-order valence-corrected chi connectivity index (χ2v) is 7.63. The minimum Gasteiger partial charge on any atom is -0.335 e. The molecule has 3 heterocycles. The van der Waals surface area contributed by atoms with Crippen molar-refractivity contribution in [2.45, 2.75) is 19.3 Å². The molecule has 142 valence electrons. The summed E-state index contributed by atoms with van der Waals surface area (Å²) in [6.45, 7) is 3.85. The number of nitrogens with one attached hydrogen (secondary N) is 2. The fourth-order valence-electron chi connectivity index (χ4n) is 3.64. The number of ketones is 1. The molecule has 0 bridgehead atoms. The van der Waals surface area contributed by atoms with Gasteiger partial charge in [0.1, 0.15) is 5.69 Å². The van der Waals surface area contributed by atoms with Crippen molar-refractivity contribution in [1.29, 1.82) is 0 Å². The van der Waals surface area contributed by atoms with Gasteiger partial charge in [0.05, 0.1) is 22.0 Å². The number of H-pyrrole nitrogens is 2. The van der Waals surface area contributed by atoms with E-state index < -0.39 is 5.41 Å². The maximum Gasteiger partial charge on any atom is 0.207 e. The van der Waals surface area contributed by atoms with E-state index in [-0.39, 0.29) is 5.78 Å². The normalized spacial score (nSPS) is 11.9. The smallest absolute Gasteiger partial charge is 0.207 e. The number of rotatable bonds is 4. The van der Waals surface area contributed by atoms with E-state index in [4.69, 9.17) is 0 Å². The molecule has 0 aliphatic rings. The molecule has 6 nitrogen and oxygen atoms in total. The van der Waals surface area contributed by atoms with Gasteiger partial charge < -0.3 is 4.98 Å². The Morgan fingerprint density at radius 1 is 0.966 bits per heavy atom. The summed E-state index contributed by atoms with van der Waals surface area (Å²) < 4.78 is 0. The number of aromatic nitrogens is 5. The SMILES string of the molecule is CC(C)(C(=O)c1nc2cc3c(-c4ccncc4)n[nH]c3cc2[nH]1)c1ccccc1. The zero-order valence-corrected chi connectivity index (χ0v) is 16.1. The van der Waals surface area contributed by atoms with Gasteiger partial charge >= 0.3 is 0 Å². The Bertz CT molecular complexity index is 1330. The molecule has 0 aliphatic carbocycles. The van der Waals surface area contributed by atoms with Gasteiger partial charge in [0, 0.05) is 23.3 Å². The topological polar surface area (TPSA) is 87.3 Å². The number of carbonyl (C=O) groups excluding carboxylic acids is 1. The second-order valence-electron chi connectivity index (χ2n) is 7.63. The summed E-state index contributed by atoms with van der Waals surface area (Å²) in [5.74, 6) is 0.316. The Labute approximate surface area is 167 Å². The maximum atomic E-state index is 13.2. The lowest BCUT2D eigenvalue weighted by atomic mass is 9.80. The van der Waals surface area contributed by atoms with Crippen molar-refractivity contribution in [3.8, 4) is 11.3 Å². The fourth-order valence-corrected chi connectivity index (χ4v) is 3.64. The van der Waals surface area contributed by atoms with E-state index in [1.807, 2.05) is 68.4 Å². The van der Waals surface area contributed by atoms with E-state index in [2.05, 4.69) is 25.1 Å². The van der Waals surface area contributed by atoms with Gasteiger partial charge in [0.2, 0.25) is 5.78 Å². The van der Waals surface area contributed by atoms with Crippen LogP contribution >= 0.6 is 0 Å². The van der Waals surface area contributed by atoms with Crippen molar-refractivity contribution in [2.24, 2.45) is 0 Å². The van der Waals surface area contributed by atoms with Crippen molar-refractivity contribution in [2.75, 3.05) is 0 Å². The first-order chi connectivity index (χ1) is 14.0. The average Bonchev–Trinajstić information content (AvgIpc) is 3.36. The van der Waals surface area contributed by atoms with E-state index >= 15 is 0 Å². The lowest BCUT2D eigenvalue weighted by molar-refractivity contribution is 0.0899. The molecular formula is C23H19N5O. The third kappa shape index (κ3) is 2.81. The van der Waals surface area contributed by atoms with Gasteiger partial charge in [0.25, 0.3) is 0 Å². The van der Waals surface area contributed by atoms with Crippen LogP contribution in [0.2, 0.25) is 0 Å². The molecule has 3 aromatic heterocycles. The monoisotopic (exact) mass is 381 g/mol. The highest BCUT2D eigenvalue weighted by Gasteiger charge is 2.32. The molecule has 0 fully saturated rings. The van der Waals surface area contributed by atoms with Crippen molar-refractivity contribution in [1.82, 2.24) is 25.1 Å². The van der Waals surface area contributed by atoms with E-state index in [1.54, 1.807) is 12.4 Å². The maximum absolute atomic E-state index is 13.2. The molecule has 2 aromatic carbocycles. The number of Topliss-reactive ketones (excluding diaryl/α,β-unsaturated/α-hetero) is 1. The molecule has 0 radical (unpaired) electrons. The Balaban J connectivity index is 1.60. The summed E-state index contributed by atoms with van der Waals surface area (Å²) in [5.41, 5.74) is 4.51. The van der Waals surface area contributed by atoms with Crippen molar-refractivity contribution >= 4 is 27.7 Å². The van der Waals surface area contributed by atoms with Crippen LogP contribution in [0.15, 0.2) is 67.0 Å². The van der Waals surface area contributed by atoms with Gasteiger partial charge in [-0.1, -0.05) is 30.3 Å². The molecule has 5 rings (SSSR count). The summed E-state index contributed by atoms with van der Waals surface area (Å²) in [6, 6.07) is 17.5. The van der Waals surface area contributed by atoms with Gasteiger partial charge in [-0.25, -0.2) is 4.98 Å². The van der Waals surface area contributed by atoms with Gasteiger partial charge in [-0.2, -0.15) is 5.10 Å². The van der Waals surface area contributed by atoms with Crippen LogP contribution in [-0.4, -0.2) is 30.9 Å². The second kappa shape index (κ2) is 6.38. The first-order valence-corrected chi connectivity index (χ1v) is 9.42. The minimum atomic E-state index is -0.681. The molecule has 2 N–H and O–H groups in total. The number of carbonyl (C=O) groups is 1. The highest BCUT2D eigenvalue weighted by atomic mass is 16.1.